The van der Waals surface area contributed by atoms with Crippen molar-refractivity contribution >= 4 is 25.0 Å². The maximum Gasteiger partial charge on any atom is 0.316 e. The second kappa shape index (κ2) is 11.6. The molecule has 0 bridgehead atoms. The lowest BCUT2D eigenvalue weighted by molar-refractivity contribution is 0.145. The number of aromatic nitrogens is 2. The zero-order chi connectivity index (χ0) is 24.0. The first-order valence-corrected chi connectivity index (χ1v) is 12.8. The van der Waals surface area contributed by atoms with Crippen molar-refractivity contribution in [1.29, 1.82) is 0 Å². The van der Waals surface area contributed by atoms with E-state index in [0.29, 0.717) is 19.0 Å². The number of piperidine rings is 1. The second-order valence-corrected chi connectivity index (χ2v) is 10.6. The first kappa shape index (κ1) is 25.8. The third-order valence-corrected chi connectivity index (χ3v) is 6.99. The van der Waals surface area contributed by atoms with Crippen LogP contribution in [0, 0.1) is 11.3 Å². The Morgan fingerprint density at radius 2 is 2.00 bits per heavy atom. The topological polar surface area (TPSA) is 123 Å². The van der Waals surface area contributed by atoms with E-state index in [1.165, 1.54) is 0 Å². The summed E-state index contributed by atoms with van der Waals surface area (Å²) in [6.45, 7) is 9.17. The molecule has 0 radical (unpaired) electrons. The van der Waals surface area contributed by atoms with Crippen LogP contribution in [0.2, 0.25) is 0 Å². The third kappa shape index (κ3) is 7.11. The predicted octanol–water partition coefficient (Wildman–Crippen LogP) is 2.98. The highest BCUT2D eigenvalue weighted by atomic mass is 31.1. The van der Waals surface area contributed by atoms with Gasteiger partial charge in [-0.05, 0) is 42.7 Å². The van der Waals surface area contributed by atoms with Crippen LogP contribution < -0.4 is 20.7 Å². The zero-order valence-corrected chi connectivity index (χ0v) is 21.1. The summed E-state index contributed by atoms with van der Waals surface area (Å²) in [5.74, 6) is 2.07. The minimum absolute atomic E-state index is 0.00414. The average molecular weight is 480 g/mol. The highest BCUT2D eigenvalue weighted by Gasteiger charge is 2.26. The summed E-state index contributed by atoms with van der Waals surface area (Å²) in [6, 6.07) is 5.88. The van der Waals surface area contributed by atoms with Gasteiger partial charge in [0.05, 0.1) is 13.2 Å². The number of nitrogens with zero attached hydrogens (tertiary/aromatic N) is 3. The van der Waals surface area contributed by atoms with E-state index in [1.807, 2.05) is 18.2 Å². The Hall–Kier alpha value is -1.77. The first-order valence-electron chi connectivity index (χ1n) is 11.6. The summed E-state index contributed by atoms with van der Waals surface area (Å²) in [6.07, 6.45) is 3.94. The monoisotopic (exact) mass is 479 g/mol. The van der Waals surface area contributed by atoms with Gasteiger partial charge in [0.1, 0.15) is 23.4 Å². The fraction of sp³-hybridized carbons (Fsp3) is 0.652. The van der Waals surface area contributed by atoms with Crippen LogP contribution in [0.5, 0.6) is 5.75 Å². The summed E-state index contributed by atoms with van der Waals surface area (Å²) in [7, 11) is -1.36. The Morgan fingerprint density at radius 3 is 2.64 bits per heavy atom. The van der Waals surface area contributed by atoms with Crippen LogP contribution in [-0.2, 0) is 9.09 Å². The molecule has 9 nitrogen and oxygen atoms in total. The molecule has 4 N–H and O–H groups in total. The minimum atomic E-state index is -3.01. The molecule has 0 aliphatic carbocycles. The Labute approximate surface area is 197 Å². The van der Waals surface area contributed by atoms with Crippen LogP contribution in [0.15, 0.2) is 24.5 Å². The van der Waals surface area contributed by atoms with Crippen LogP contribution >= 0.6 is 8.25 Å². The summed E-state index contributed by atoms with van der Waals surface area (Å²) >= 11 is 0. The Kier molecular flexibility index (Phi) is 9.07. The van der Waals surface area contributed by atoms with Gasteiger partial charge >= 0.3 is 8.25 Å². The lowest BCUT2D eigenvalue weighted by Gasteiger charge is -2.34. The molecule has 0 spiro atoms. The number of nitrogens with two attached hydrogens (primary N) is 1. The molecular weight excluding hydrogens is 441 g/mol. The van der Waals surface area contributed by atoms with Gasteiger partial charge in [-0.1, -0.05) is 26.8 Å². The molecule has 1 aromatic carbocycles. The lowest BCUT2D eigenvalue weighted by Crippen LogP contribution is -2.45. The molecule has 0 amide bonds. The molecule has 3 atom stereocenters. The normalized spacial score (nSPS) is 18.3. The molecule has 3 unspecified atom stereocenters. The van der Waals surface area contributed by atoms with E-state index in [9.17, 15) is 9.46 Å². The molecular formula is C23H38N5O4P. The van der Waals surface area contributed by atoms with E-state index in [1.54, 1.807) is 13.4 Å². The highest BCUT2D eigenvalue weighted by Crippen LogP contribution is 2.33. The van der Waals surface area contributed by atoms with E-state index in [4.69, 9.17) is 15.0 Å². The van der Waals surface area contributed by atoms with Gasteiger partial charge in [0.2, 0.25) is 0 Å². The summed E-state index contributed by atoms with van der Waals surface area (Å²) in [5, 5.41) is 4.31. The van der Waals surface area contributed by atoms with Gasteiger partial charge < -0.3 is 30.1 Å². The van der Waals surface area contributed by atoms with Crippen molar-refractivity contribution in [2.45, 2.75) is 52.2 Å². The number of ether oxygens (including phenoxy) is 1. The smallest absolute Gasteiger partial charge is 0.316 e. The fourth-order valence-electron chi connectivity index (χ4n) is 4.24. The van der Waals surface area contributed by atoms with E-state index in [2.05, 4.69) is 41.0 Å². The van der Waals surface area contributed by atoms with Gasteiger partial charge in [-0.3, -0.25) is 4.57 Å². The highest BCUT2D eigenvalue weighted by molar-refractivity contribution is 7.32. The molecule has 1 aliphatic rings. The van der Waals surface area contributed by atoms with Gasteiger partial charge in [0.15, 0.2) is 0 Å². The number of nitrogens with one attached hydrogen (secondary N) is 1. The standard InChI is InChI=1S/C23H38N5O4P/c1-23(2,3)20(24)14-25-13-17(32-33(29)30)12-16-8-10-28(11-9-16)22-18-6-5-7-19(31-4)21(18)26-15-27-22/h5-7,15-17,20,25,33H,8-14,24H2,1-4H3,(H,29,30). The van der Waals surface area contributed by atoms with Crippen molar-refractivity contribution in [3.8, 4) is 5.75 Å². The van der Waals surface area contributed by atoms with Crippen molar-refractivity contribution in [2.24, 2.45) is 17.1 Å². The Bertz CT molecular complexity index is 931. The number of benzene rings is 1. The SMILES string of the molecule is COc1cccc2c(N3CCC(CC(CNCC(N)C(C)(C)C)O[PH](=O)O)CC3)ncnc12. The molecule has 1 aromatic heterocycles. The van der Waals surface area contributed by atoms with Gasteiger partial charge in [-0.25, -0.2) is 9.97 Å². The van der Waals surface area contributed by atoms with Crippen molar-refractivity contribution in [2.75, 3.05) is 38.2 Å². The number of fused-ring (bicyclic) bond motifs is 1. The van der Waals surface area contributed by atoms with Crippen LogP contribution in [0.4, 0.5) is 5.82 Å². The molecule has 2 aromatic rings. The first-order chi connectivity index (χ1) is 15.7. The number of rotatable bonds is 10. The molecule has 1 saturated heterocycles. The van der Waals surface area contributed by atoms with Crippen LogP contribution in [0.1, 0.15) is 40.0 Å². The van der Waals surface area contributed by atoms with Gasteiger partial charge in [0.25, 0.3) is 0 Å². The van der Waals surface area contributed by atoms with E-state index in [-0.39, 0.29) is 17.6 Å². The van der Waals surface area contributed by atoms with Crippen molar-refractivity contribution in [3.63, 3.8) is 0 Å². The second-order valence-electron chi connectivity index (χ2n) is 9.86. The molecule has 0 saturated carbocycles. The number of para-hydroxylation sites is 1. The van der Waals surface area contributed by atoms with E-state index >= 15 is 0 Å². The summed E-state index contributed by atoms with van der Waals surface area (Å²) < 4.78 is 22.2. The maximum absolute atomic E-state index is 11.4. The molecule has 1 fully saturated rings. The number of hydrogen-bond donors (Lipinski definition) is 3. The predicted molar refractivity (Wildman–Crippen MR) is 132 cm³/mol. The van der Waals surface area contributed by atoms with Crippen molar-refractivity contribution in [1.82, 2.24) is 15.3 Å². The van der Waals surface area contributed by atoms with Crippen LogP contribution in [0.3, 0.4) is 0 Å². The van der Waals surface area contributed by atoms with Crippen LogP contribution in [-0.4, -0.2) is 60.3 Å². The van der Waals surface area contributed by atoms with Crippen molar-refractivity contribution in [3.05, 3.63) is 24.5 Å². The van der Waals surface area contributed by atoms with Crippen LogP contribution in [0.25, 0.3) is 10.9 Å². The zero-order valence-electron chi connectivity index (χ0n) is 20.1. The number of hydrogen-bond acceptors (Lipinski definition) is 8. The largest absolute Gasteiger partial charge is 0.494 e. The fourth-order valence-corrected chi connectivity index (χ4v) is 4.70. The van der Waals surface area contributed by atoms with Gasteiger partial charge in [0, 0.05) is 37.6 Å². The number of methoxy groups -OCH3 is 1. The third-order valence-electron chi connectivity index (χ3n) is 6.45. The molecule has 1 aliphatic heterocycles. The molecule has 2 heterocycles. The van der Waals surface area contributed by atoms with E-state index < -0.39 is 8.25 Å². The van der Waals surface area contributed by atoms with Gasteiger partial charge in [-0.15, -0.1) is 0 Å². The van der Waals surface area contributed by atoms with Crippen molar-refractivity contribution < 1.29 is 18.7 Å². The van der Waals surface area contributed by atoms with E-state index in [0.717, 1.165) is 54.8 Å². The molecule has 3 rings (SSSR count). The lowest BCUT2D eigenvalue weighted by atomic mass is 9.87. The maximum atomic E-state index is 11.4. The molecule has 33 heavy (non-hydrogen) atoms. The average Bonchev–Trinajstić information content (AvgIpc) is 2.77. The summed E-state index contributed by atoms with van der Waals surface area (Å²) in [4.78, 5) is 20.6. The molecule has 10 heteroatoms. The minimum Gasteiger partial charge on any atom is -0.494 e. The van der Waals surface area contributed by atoms with Gasteiger partial charge in [-0.2, -0.15) is 0 Å². The molecule has 184 valence electrons. The number of anilines is 1. The quantitative estimate of drug-likeness (QED) is 0.441. The summed E-state index contributed by atoms with van der Waals surface area (Å²) in [5.41, 5.74) is 7.03. The Balaban J connectivity index is 1.58. The Morgan fingerprint density at radius 1 is 1.27 bits per heavy atom.